The Morgan fingerprint density at radius 3 is 2.46 bits per heavy atom. The molecule has 0 saturated carbocycles. The number of carbonyl (C=O) groups excluding carboxylic acids is 2. The van der Waals surface area contributed by atoms with E-state index in [1.165, 1.54) is 0 Å². The van der Waals surface area contributed by atoms with Gasteiger partial charge in [-0.15, -0.1) is 0 Å². The topological polar surface area (TPSA) is 84.2 Å². The van der Waals surface area contributed by atoms with E-state index in [9.17, 15) is 9.59 Å². The molecule has 0 aliphatic heterocycles. The van der Waals surface area contributed by atoms with E-state index in [4.69, 9.17) is 16.1 Å². The van der Waals surface area contributed by atoms with Crippen molar-refractivity contribution in [1.29, 1.82) is 0 Å². The van der Waals surface area contributed by atoms with Crippen molar-refractivity contribution < 1.29 is 14.1 Å². The third-order valence-corrected chi connectivity index (χ3v) is 3.82. The van der Waals surface area contributed by atoms with Crippen LogP contribution >= 0.6 is 11.6 Å². The number of halogens is 1. The summed E-state index contributed by atoms with van der Waals surface area (Å²) in [7, 11) is 0. The Morgan fingerprint density at radius 2 is 1.88 bits per heavy atom. The number of nitrogens with zero attached hydrogens (tertiary/aromatic N) is 1. The van der Waals surface area contributed by atoms with Crippen molar-refractivity contribution in [3.8, 4) is 0 Å². The first-order valence-electron chi connectivity index (χ1n) is 7.52. The van der Waals surface area contributed by atoms with E-state index in [2.05, 4.69) is 15.8 Å². The number of rotatable bonds is 6. The minimum atomic E-state index is -0.367. The first-order valence-corrected chi connectivity index (χ1v) is 7.90. The molecule has 0 saturated heterocycles. The minimum absolute atomic E-state index is 0.124. The monoisotopic (exact) mass is 349 g/mol. The predicted octanol–water partition coefficient (Wildman–Crippen LogP) is 3.06. The Hall–Kier alpha value is -2.34. The maximum atomic E-state index is 12.1. The van der Waals surface area contributed by atoms with Crippen LogP contribution in [0.15, 0.2) is 34.9 Å². The number of hydrogen-bond acceptors (Lipinski definition) is 4. The largest absolute Gasteiger partial charge is 0.360 e. The zero-order valence-electron chi connectivity index (χ0n) is 13.9. The van der Waals surface area contributed by atoms with Crippen molar-refractivity contribution in [2.75, 3.05) is 11.9 Å². The van der Waals surface area contributed by atoms with Crippen LogP contribution < -0.4 is 10.6 Å². The van der Waals surface area contributed by atoms with Gasteiger partial charge in [0.15, 0.2) is 5.82 Å². The number of amides is 2. The average Bonchev–Trinajstić information content (AvgIpc) is 2.90. The number of nitrogens with one attached hydrogen (secondary N) is 2. The van der Waals surface area contributed by atoms with Gasteiger partial charge in [0, 0.05) is 17.5 Å². The first-order chi connectivity index (χ1) is 11.3. The Labute approximate surface area is 145 Å². The molecule has 0 unspecified atom stereocenters. The quantitative estimate of drug-likeness (QED) is 0.839. The second-order valence-corrected chi connectivity index (χ2v) is 6.65. The highest BCUT2D eigenvalue weighted by Gasteiger charge is 2.24. The van der Waals surface area contributed by atoms with E-state index < -0.39 is 0 Å². The van der Waals surface area contributed by atoms with Crippen molar-refractivity contribution in [3.05, 3.63) is 46.7 Å². The summed E-state index contributed by atoms with van der Waals surface area (Å²) >= 11 is 5.88. The highest BCUT2D eigenvalue weighted by atomic mass is 35.5. The molecule has 0 atom stereocenters. The zero-order valence-corrected chi connectivity index (χ0v) is 14.6. The van der Waals surface area contributed by atoms with Crippen LogP contribution in [0.5, 0.6) is 0 Å². The average molecular weight is 350 g/mol. The van der Waals surface area contributed by atoms with Gasteiger partial charge in [0.2, 0.25) is 11.8 Å². The normalized spacial score (nSPS) is 11.2. The molecule has 1 heterocycles. The molecule has 2 N–H and O–H groups in total. The predicted molar refractivity (Wildman–Crippen MR) is 92.0 cm³/mol. The fraction of sp³-hybridized carbons (Fsp3) is 0.353. The Bertz CT molecular complexity index is 723. The highest BCUT2D eigenvalue weighted by Crippen LogP contribution is 2.27. The summed E-state index contributed by atoms with van der Waals surface area (Å²) in [5.41, 5.74) is 0.638. The molecule has 2 aromatic rings. The van der Waals surface area contributed by atoms with E-state index in [-0.39, 0.29) is 30.2 Å². The van der Waals surface area contributed by atoms with Gasteiger partial charge in [0.05, 0.1) is 6.54 Å². The molecule has 7 heteroatoms. The number of benzene rings is 1. The molecule has 1 aromatic heterocycles. The molecular formula is C17H20ClN3O3. The van der Waals surface area contributed by atoms with Gasteiger partial charge in [-0.2, -0.15) is 0 Å². The number of anilines is 1. The molecule has 24 heavy (non-hydrogen) atoms. The molecule has 0 spiro atoms. The number of carbonyl (C=O) groups is 2. The van der Waals surface area contributed by atoms with Crippen molar-refractivity contribution in [2.24, 2.45) is 0 Å². The summed E-state index contributed by atoms with van der Waals surface area (Å²) < 4.78 is 4.85. The van der Waals surface area contributed by atoms with Crippen LogP contribution in [-0.2, 0) is 15.0 Å². The van der Waals surface area contributed by atoms with Crippen LogP contribution in [0.1, 0.15) is 31.6 Å². The fourth-order valence-electron chi connectivity index (χ4n) is 2.26. The first kappa shape index (κ1) is 18.0. The standard InChI is InChI=1S/C17H20ClN3O3/c1-11-8-14(21-24-11)20-16(23)10-19-15(22)9-17(2,3)12-4-6-13(18)7-5-12/h4-8H,9-10H2,1-3H3,(H,19,22)(H,20,21,23). The van der Waals surface area contributed by atoms with Crippen LogP contribution in [0.3, 0.4) is 0 Å². The van der Waals surface area contributed by atoms with Gasteiger partial charge in [-0.3, -0.25) is 9.59 Å². The van der Waals surface area contributed by atoms with Crippen LogP contribution in [0.2, 0.25) is 5.02 Å². The zero-order chi connectivity index (χ0) is 17.7. The Kier molecular flexibility index (Phi) is 5.62. The summed E-state index contributed by atoms with van der Waals surface area (Å²) in [6.45, 7) is 5.53. The van der Waals surface area contributed by atoms with E-state index >= 15 is 0 Å². The third kappa shape index (κ3) is 5.09. The van der Waals surface area contributed by atoms with Crippen molar-refractivity contribution in [3.63, 3.8) is 0 Å². The molecule has 2 amide bonds. The second-order valence-electron chi connectivity index (χ2n) is 6.22. The van der Waals surface area contributed by atoms with Gasteiger partial charge in [-0.05, 0) is 30.0 Å². The molecule has 0 bridgehead atoms. The van der Waals surface area contributed by atoms with Gasteiger partial charge < -0.3 is 15.2 Å². The van der Waals surface area contributed by atoms with Gasteiger partial charge in [-0.25, -0.2) is 0 Å². The molecule has 2 rings (SSSR count). The minimum Gasteiger partial charge on any atom is -0.360 e. The summed E-state index contributed by atoms with van der Waals surface area (Å²) in [6.07, 6.45) is 0.255. The summed E-state index contributed by atoms with van der Waals surface area (Å²) in [5, 5.41) is 9.47. The highest BCUT2D eigenvalue weighted by molar-refractivity contribution is 6.30. The molecule has 0 fully saturated rings. The van der Waals surface area contributed by atoms with E-state index in [0.717, 1.165) is 5.56 Å². The van der Waals surface area contributed by atoms with Gasteiger partial charge in [-0.1, -0.05) is 42.7 Å². The lowest BCUT2D eigenvalue weighted by Gasteiger charge is -2.24. The molecular weight excluding hydrogens is 330 g/mol. The molecule has 0 radical (unpaired) electrons. The lowest BCUT2D eigenvalue weighted by atomic mass is 9.81. The van der Waals surface area contributed by atoms with Crippen LogP contribution in [-0.4, -0.2) is 23.5 Å². The molecule has 0 aliphatic rings. The van der Waals surface area contributed by atoms with E-state index in [0.29, 0.717) is 16.6 Å². The van der Waals surface area contributed by atoms with Crippen molar-refractivity contribution in [1.82, 2.24) is 10.5 Å². The van der Waals surface area contributed by atoms with Crippen molar-refractivity contribution in [2.45, 2.75) is 32.6 Å². The summed E-state index contributed by atoms with van der Waals surface area (Å²) in [4.78, 5) is 23.9. The second kappa shape index (κ2) is 7.49. The SMILES string of the molecule is Cc1cc(NC(=O)CNC(=O)CC(C)(C)c2ccc(Cl)cc2)no1. The van der Waals surface area contributed by atoms with Crippen LogP contribution in [0.4, 0.5) is 5.82 Å². The molecule has 1 aromatic carbocycles. The fourth-order valence-corrected chi connectivity index (χ4v) is 2.38. The lowest BCUT2D eigenvalue weighted by molar-refractivity contribution is -0.125. The van der Waals surface area contributed by atoms with Crippen LogP contribution in [0, 0.1) is 6.92 Å². The summed E-state index contributed by atoms with van der Waals surface area (Å²) in [5.74, 6) is 0.356. The number of aromatic nitrogens is 1. The third-order valence-electron chi connectivity index (χ3n) is 3.57. The Balaban J connectivity index is 1.83. The molecule has 0 aliphatic carbocycles. The van der Waals surface area contributed by atoms with E-state index in [1.807, 2.05) is 26.0 Å². The number of hydrogen-bond donors (Lipinski definition) is 2. The molecule has 128 valence electrons. The maximum Gasteiger partial charge on any atom is 0.245 e. The van der Waals surface area contributed by atoms with Gasteiger partial charge >= 0.3 is 0 Å². The van der Waals surface area contributed by atoms with Gasteiger partial charge in [0.1, 0.15) is 5.76 Å². The maximum absolute atomic E-state index is 12.1. The van der Waals surface area contributed by atoms with Crippen LogP contribution in [0.25, 0.3) is 0 Å². The van der Waals surface area contributed by atoms with E-state index in [1.54, 1.807) is 25.1 Å². The Morgan fingerprint density at radius 1 is 1.21 bits per heavy atom. The van der Waals surface area contributed by atoms with Crippen molar-refractivity contribution >= 4 is 29.2 Å². The van der Waals surface area contributed by atoms with Gasteiger partial charge in [0.25, 0.3) is 0 Å². The smallest absolute Gasteiger partial charge is 0.245 e. The number of aryl methyl sites for hydroxylation is 1. The molecule has 6 nitrogen and oxygen atoms in total. The summed E-state index contributed by atoms with van der Waals surface area (Å²) in [6, 6.07) is 8.99. The lowest BCUT2D eigenvalue weighted by Crippen LogP contribution is -2.36.